The number of hydrogen-bond donors (Lipinski definition) is 1. The third-order valence-corrected chi connectivity index (χ3v) is 8.86. The second-order valence-electron chi connectivity index (χ2n) is 13.1. The fourth-order valence-corrected chi connectivity index (χ4v) is 6.34. The molecule has 1 atom stereocenters. The summed E-state index contributed by atoms with van der Waals surface area (Å²) in [5, 5.41) is 3.32. The van der Waals surface area contributed by atoms with Gasteiger partial charge in [0.05, 0.1) is 6.42 Å². The van der Waals surface area contributed by atoms with Gasteiger partial charge in [0.1, 0.15) is 5.60 Å². The second-order valence-corrected chi connectivity index (χ2v) is 13.1. The predicted molar refractivity (Wildman–Crippen MR) is 176 cm³/mol. The molecule has 43 heavy (non-hydrogen) atoms. The van der Waals surface area contributed by atoms with Gasteiger partial charge in [-0.1, -0.05) is 86.6 Å². The van der Waals surface area contributed by atoms with Crippen molar-refractivity contribution in [2.75, 3.05) is 19.6 Å². The first-order chi connectivity index (χ1) is 20.6. The lowest BCUT2D eigenvalue weighted by Gasteiger charge is -2.36. The summed E-state index contributed by atoms with van der Waals surface area (Å²) in [6.45, 7) is 13.0. The maximum absolute atomic E-state index is 13.4. The van der Waals surface area contributed by atoms with Crippen molar-refractivity contribution >= 4 is 11.9 Å². The molecule has 1 fully saturated rings. The van der Waals surface area contributed by atoms with Crippen LogP contribution in [0.3, 0.4) is 0 Å². The molecule has 1 N–H and O–H groups in total. The van der Waals surface area contributed by atoms with E-state index in [1.165, 1.54) is 11.1 Å². The van der Waals surface area contributed by atoms with Gasteiger partial charge in [-0.25, -0.2) is 0 Å². The summed E-state index contributed by atoms with van der Waals surface area (Å²) in [7, 11) is 0. The Morgan fingerprint density at radius 1 is 0.884 bits per heavy atom. The summed E-state index contributed by atoms with van der Waals surface area (Å²) in [5.41, 5.74) is 4.56. The van der Waals surface area contributed by atoms with E-state index in [2.05, 4.69) is 72.6 Å². The molecular formula is C38H50N2O3. The molecule has 0 radical (unpaired) electrons. The molecule has 230 valence electrons. The number of ether oxygens (including phenoxy) is 1. The standard InChI is InChI=1S/C38H50N2O3/c1-6-29-18-20-30(21-19-29)33-16-11-12-17-34(33)36(42)39-32-22-26-40(27-23-32)25-13-24-38(7-2,31-14-9-8-10-15-31)28-35(41)43-37(3,4)5/h8-12,14-21,32H,6-7,13,22-28H2,1-5H3,(H,39,42). The maximum atomic E-state index is 13.4. The highest BCUT2D eigenvalue weighted by atomic mass is 16.6. The average molecular weight is 583 g/mol. The highest BCUT2D eigenvalue weighted by Gasteiger charge is 2.35. The number of piperidine rings is 1. The molecule has 0 bridgehead atoms. The van der Waals surface area contributed by atoms with Gasteiger partial charge in [0.25, 0.3) is 5.91 Å². The molecule has 3 aromatic rings. The summed E-state index contributed by atoms with van der Waals surface area (Å²) in [6.07, 6.45) is 6.09. The Balaban J connectivity index is 1.31. The van der Waals surface area contributed by atoms with Gasteiger partial charge in [-0.15, -0.1) is 0 Å². The molecule has 3 aromatic carbocycles. The largest absolute Gasteiger partial charge is 0.460 e. The molecule has 1 heterocycles. The molecule has 1 unspecified atom stereocenters. The number of amides is 1. The number of benzene rings is 3. The van der Waals surface area contributed by atoms with E-state index in [1.807, 2.05) is 51.1 Å². The van der Waals surface area contributed by atoms with Crippen LogP contribution in [0.25, 0.3) is 11.1 Å². The van der Waals surface area contributed by atoms with Crippen molar-refractivity contribution in [1.82, 2.24) is 10.2 Å². The molecule has 0 spiro atoms. The number of carbonyl (C=O) groups excluding carboxylic acids is 2. The molecule has 1 aliphatic rings. The smallest absolute Gasteiger partial charge is 0.307 e. The molecule has 0 saturated carbocycles. The van der Waals surface area contributed by atoms with Crippen LogP contribution in [0.5, 0.6) is 0 Å². The van der Waals surface area contributed by atoms with Gasteiger partial charge >= 0.3 is 5.97 Å². The van der Waals surface area contributed by atoms with Crippen molar-refractivity contribution in [3.05, 3.63) is 95.6 Å². The highest BCUT2D eigenvalue weighted by Crippen LogP contribution is 2.37. The van der Waals surface area contributed by atoms with Crippen LogP contribution in [0.15, 0.2) is 78.9 Å². The van der Waals surface area contributed by atoms with Gasteiger partial charge < -0.3 is 15.0 Å². The topological polar surface area (TPSA) is 58.6 Å². The number of rotatable bonds is 12. The van der Waals surface area contributed by atoms with Crippen molar-refractivity contribution in [3.63, 3.8) is 0 Å². The van der Waals surface area contributed by atoms with Gasteiger partial charge in [0.2, 0.25) is 0 Å². The lowest BCUT2D eigenvalue weighted by atomic mass is 9.72. The van der Waals surface area contributed by atoms with Crippen LogP contribution in [0.4, 0.5) is 0 Å². The van der Waals surface area contributed by atoms with E-state index < -0.39 is 5.60 Å². The monoisotopic (exact) mass is 582 g/mol. The first-order valence-electron chi connectivity index (χ1n) is 16.1. The van der Waals surface area contributed by atoms with Gasteiger partial charge in [0.15, 0.2) is 0 Å². The van der Waals surface area contributed by atoms with E-state index in [1.54, 1.807) is 0 Å². The summed E-state index contributed by atoms with van der Waals surface area (Å²) >= 11 is 0. The number of aryl methyl sites for hydroxylation is 1. The van der Waals surface area contributed by atoms with E-state index >= 15 is 0 Å². The van der Waals surface area contributed by atoms with Crippen LogP contribution < -0.4 is 5.32 Å². The van der Waals surface area contributed by atoms with Crippen LogP contribution in [-0.2, 0) is 21.4 Å². The molecule has 1 saturated heterocycles. The van der Waals surface area contributed by atoms with Gasteiger partial charge in [-0.3, -0.25) is 9.59 Å². The van der Waals surface area contributed by atoms with Crippen LogP contribution >= 0.6 is 0 Å². The van der Waals surface area contributed by atoms with Crippen LogP contribution in [-0.4, -0.2) is 48.1 Å². The minimum atomic E-state index is -0.491. The Morgan fingerprint density at radius 2 is 1.53 bits per heavy atom. The molecule has 1 amide bonds. The number of carbonyl (C=O) groups is 2. The molecule has 1 aliphatic heterocycles. The number of nitrogens with one attached hydrogen (secondary N) is 1. The third-order valence-electron chi connectivity index (χ3n) is 8.86. The number of esters is 1. The zero-order valence-electron chi connectivity index (χ0n) is 26.8. The zero-order valence-corrected chi connectivity index (χ0v) is 26.8. The first kappa shape index (κ1) is 32.5. The van der Waals surface area contributed by atoms with Crippen LogP contribution in [0.1, 0.15) is 94.6 Å². The predicted octanol–water partition coefficient (Wildman–Crippen LogP) is 7.97. The molecule has 0 aromatic heterocycles. The van der Waals surface area contributed by atoms with Crippen molar-refractivity contribution in [2.24, 2.45) is 0 Å². The van der Waals surface area contributed by atoms with E-state index in [0.717, 1.165) is 74.8 Å². The quantitative estimate of drug-likeness (QED) is 0.220. The minimum absolute atomic E-state index is 0.00588. The van der Waals surface area contributed by atoms with Crippen LogP contribution in [0, 0.1) is 0 Å². The molecule has 5 nitrogen and oxygen atoms in total. The first-order valence-corrected chi connectivity index (χ1v) is 16.1. The Kier molecular flexibility index (Phi) is 11.2. The van der Waals surface area contributed by atoms with Gasteiger partial charge in [0, 0.05) is 30.1 Å². The van der Waals surface area contributed by atoms with E-state index in [-0.39, 0.29) is 23.3 Å². The zero-order chi connectivity index (χ0) is 30.9. The highest BCUT2D eigenvalue weighted by molar-refractivity contribution is 6.01. The molecule has 5 heteroatoms. The normalized spacial score (nSPS) is 15.9. The maximum Gasteiger partial charge on any atom is 0.307 e. The van der Waals surface area contributed by atoms with Gasteiger partial charge in [-0.2, -0.15) is 0 Å². The minimum Gasteiger partial charge on any atom is -0.460 e. The van der Waals surface area contributed by atoms with E-state index in [9.17, 15) is 9.59 Å². The number of hydrogen-bond acceptors (Lipinski definition) is 4. The SMILES string of the molecule is CCc1ccc(-c2ccccc2C(=O)NC2CCN(CCCC(CC)(CC(=O)OC(C)(C)C)c3ccccc3)CC2)cc1. The lowest BCUT2D eigenvalue weighted by molar-refractivity contribution is -0.156. The Labute approximate surface area is 259 Å². The fourth-order valence-electron chi connectivity index (χ4n) is 6.34. The average Bonchev–Trinajstić information content (AvgIpc) is 3.01. The van der Waals surface area contributed by atoms with Crippen molar-refractivity contribution < 1.29 is 14.3 Å². The van der Waals surface area contributed by atoms with Crippen LogP contribution in [0.2, 0.25) is 0 Å². The van der Waals surface area contributed by atoms with Crippen molar-refractivity contribution in [2.45, 2.75) is 96.6 Å². The van der Waals surface area contributed by atoms with Crippen molar-refractivity contribution in [3.8, 4) is 11.1 Å². The summed E-state index contributed by atoms with van der Waals surface area (Å²) in [5.74, 6) is -0.124. The van der Waals surface area contributed by atoms with Crippen molar-refractivity contribution in [1.29, 1.82) is 0 Å². The third kappa shape index (κ3) is 9.03. The Hall–Kier alpha value is -3.44. The number of nitrogens with zero attached hydrogens (tertiary/aromatic N) is 1. The lowest BCUT2D eigenvalue weighted by Crippen LogP contribution is -2.45. The molecule has 0 aliphatic carbocycles. The summed E-state index contributed by atoms with van der Waals surface area (Å²) in [6, 6.07) is 27.0. The fraction of sp³-hybridized carbons (Fsp3) is 0.474. The summed E-state index contributed by atoms with van der Waals surface area (Å²) < 4.78 is 5.75. The summed E-state index contributed by atoms with van der Waals surface area (Å²) in [4.78, 5) is 28.8. The van der Waals surface area contributed by atoms with Gasteiger partial charge in [-0.05, 0) is 94.2 Å². The number of likely N-dealkylation sites (tertiary alicyclic amines) is 1. The van der Waals surface area contributed by atoms with E-state index in [4.69, 9.17) is 4.74 Å². The Bertz CT molecular complexity index is 1320. The molecular weight excluding hydrogens is 532 g/mol. The second kappa shape index (κ2) is 14.8. The Morgan fingerprint density at radius 3 is 2.16 bits per heavy atom. The van der Waals surface area contributed by atoms with E-state index in [0.29, 0.717) is 6.42 Å². The molecule has 4 rings (SSSR count).